The third-order valence-electron chi connectivity index (χ3n) is 7.65. The minimum absolute atomic E-state index is 0.0192. The third kappa shape index (κ3) is 5.54. The minimum Gasteiger partial charge on any atom is -0.408 e. The molecule has 4 aromatic rings. The third-order valence-corrected chi connectivity index (χ3v) is 7.89. The van der Waals surface area contributed by atoms with Crippen LogP contribution in [0.1, 0.15) is 17.0 Å². The van der Waals surface area contributed by atoms with Crippen LogP contribution in [0.25, 0.3) is 11.1 Å². The van der Waals surface area contributed by atoms with Gasteiger partial charge in [-0.15, -0.1) is 0 Å². The molecule has 2 amide bonds. The summed E-state index contributed by atoms with van der Waals surface area (Å²) in [6.45, 7) is 4.01. The second-order valence-electron chi connectivity index (χ2n) is 10.4. The summed E-state index contributed by atoms with van der Waals surface area (Å²) in [6, 6.07) is 17.8. The van der Waals surface area contributed by atoms with Gasteiger partial charge < -0.3 is 19.5 Å². The lowest BCUT2D eigenvalue weighted by Crippen LogP contribution is -2.48. The molecule has 3 aromatic carbocycles. The van der Waals surface area contributed by atoms with Crippen LogP contribution in [0.5, 0.6) is 0 Å². The fourth-order valence-electron chi connectivity index (χ4n) is 5.24. The van der Waals surface area contributed by atoms with Crippen LogP contribution < -0.4 is 16.0 Å². The molecule has 0 radical (unpaired) electrons. The average Bonchev–Trinajstić information content (AvgIpc) is 3.49. The van der Waals surface area contributed by atoms with Gasteiger partial charge in [-0.25, -0.2) is 4.79 Å². The number of rotatable bonds is 6. The van der Waals surface area contributed by atoms with Gasteiger partial charge in [0.05, 0.1) is 23.5 Å². The van der Waals surface area contributed by atoms with Crippen LogP contribution in [0, 0.1) is 0 Å². The zero-order valence-electron chi connectivity index (χ0n) is 22.7. The van der Waals surface area contributed by atoms with Crippen LogP contribution in [0.4, 0.5) is 17.1 Å². The van der Waals surface area contributed by atoms with Gasteiger partial charge in [-0.2, -0.15) is 0 Å². The minimum atomic E-state index is -0.710. The van der Waals surface area contributed by atoms with E-state index >= 15 is 0 Å². The van der Waals surface area contributed by atoms with Crippen LogP contribution in [-0.4, -0.2) is 79.1 Å². The Morgan fingerprint density at radius 3 is 2.56 bits per heavy atom. The Bertz CT molecular complexity index is 1720. The number of piperazine rings is 1. The van der Waals surface area contributed by atoms with E-state index in [0.29, 0.717) is 45.3 Å². The number of hydrogen-bond acceptors (Lipinski definition) is 7. The molecule has 11 heteroatoms. The van der Waals surface area contributed by atoms with Gasteiger partial charge in [0.2, 0.25) is 11.8 Å². The van der Waals surface area contributed by atoms with E-state index in [-0.39, 0.29) is 11.8 Å². The zero-order chi connectivity index (χ0) is 28.7. The van der Waals surface area contributed by atoms with Crippen molar-refractivity contribution in [3.63, 3.8) is 0 Å². The van der Waals surface area contributed by atoms with E-state index in [0.717, 1.165) is 37.4 Å². The first-order chi connectivity index (χ1) is 19.7. The number of H-pyrrole nitrogens is 1. The molecule has 0 aliphatic carbocycles. The highest BCUT2D eigenvalue weighted by atomic mass is 35.5. The van der Waals surface area contributed by atoms with Gasteiger partial charge in [-0.3, -0.25) is 24.5 Å². The molecule has 0 saturated carbocycles. The number of oxazole rings is 1. The second-order valence-corrected chi connectivity index (χ2v) is 10.9. The number of aromatic amines is 1. The maximum absolute atomic E-state index is 13.2. The van der Waals surface area contributed by atoms with Crippen LogP contribution in [-0.2, 0) is 9.59 Å². The molecule has 41 heavy (non-hydrogen) atoms. The van der Waals surface area contributed by atoms with Crippen LogP contribution in [0.15, 0.2) is 74.9 Å². The van der Waals surface area contributed by atoms with Gasteiger partial charge in [0.1, 0.15) is 5.92 Å². The first-order valence-corrected chi connectivity index (χ1v) is 13.7. The number of aliphatic imine (C=N–C) groups is 1. The molecule has 6 rings (SSSR count). The number of nitrogens with one attached hydrogen (secondary N) is 2. The molecule has 10 nitrogen and oxygen atoms in total. The summed E-state index contributed by atoms with van der Waals surface area (Å²) in [5.41, 5.74) is 4.77. The maximum atomic E-state index is 13.2. The largest absolute Gasteiger partial charge is 0.417 e. The van der Waals surface area contributed by atoms with Crippen LogP contribution in [0.3, 0.4) is 0 Å². The number of likely N-dealkylation sites (N-methyl/N-ethyl adjacent to an activating group) is 2. The Hall–Kier alpha value is -4.25. The molecule has 0 spiro atoms. The smallest absolute Gasteiger partial charge is 0.408 e. The van der Waals surface area contributed by atoms with Crippen molar-refractivity contribution >= 4 is 57.3 Å². The summed E-state index contributed by atoms with van der Waals surface area (Å²) in [6.07, 6.45) is 0. The molecule has 3 heterocycles. The van der Waals surface area contributed by atoms with Crippen molar-refractivity contribution in [3.05, 3.63) is 87.4 Å². The number of carbonyl (C=O) groups excluding carboxylic acids is 2. The number of fused-ring (bicyclic) bond motifs is 2. The Balaban J connectivity index is 1.32. The summed E-state index contributed by atoms with van der Waals surface area (Å²) in [4.78, 5) is 51.6. The number of carbonyl (C=O) groups is 2. The van der Waals surface area contributed by atoms with E-state index in [1.165, 1.54) is 0 Å². The molecule has 1 atom stereocenters. The second kappa shape index (κ2) is 11.0. The molecule has 1 aromatic heterocycles. The quantitative estimate of drug-likeness (QED) is 0.339. The molecule has 0 bridgehead atoms. The van der Waals surface area contributed by atoms with Gasteiger partial charge in [-0.1, -0.05) is 23.7 Å². The lowest BCUT2D eigenvalue weighted by atomic mass is 9.90. The van der Waals surface area contributed by atoms with E-state index < -0.39 is 11.7 Å². The molecule has 1 unspecified atom stereocenters. The normalized spacial score (nSPS) is 18.0. The van der Waals surface area contributed by atoms with Crippen molar-refractivity contribution in [2.75, 3.05) is 57.0 Å². The number of hydrogen-bond donors (Lipinski definition) is 2. The molecule has 1 fully saturated rings. The molecule has 210 valence electrons. The Kier molecular flexibility index (Phi) is 7.21. The Morgan fingerprint density at radius 2 is 1.80 bits per heavy atom. The van der Waals surface area contributed by atoms with E-state index in [1.54, 1.807) is 42.3 Å². The standard InChI is InChI=1S/C30H29ClN6O4/c1-35-11-13-37(14-12-35)17-26(38)36(2)21-7-5-20(6-8-21)32-28(18-3-10-23-25(15-18)41-30(40)34-23)27-22-9-4-19(31)16-24(22)33-29(27)39/h3-10,15-16,27H,11-14,17H2,1-2H3,(H,33,39)(H,34,40). The predicted molar refractivity (Wildman–Crippen MR) is 160 cm³/mol. The molecule has 2 aliphatic heterocycles. The Labute approximate surface area is 241 Å². The van der Waals surface area contributed by atoms with Gasteiger partial charge in [0.15, 0.2) is 5.58 Å². The van der Waals surface area contributed by atoms with Crippen LogP contribution >= 0.6 is 11.6 Å². The molecule has 1 saturated heterocycles. The highest BCUT2D eigenvalue weighted by molar-refractivity contribution is 6.31. The number of nitrogens with zero attached hydrogens (tertiary/aromatic N) is 4. The highest BCUT2D eigenvalue weighted by Gasteiger charge is 2.36. The van der Waals surface area contributed by atoms with Crippen molar-refractivity contribution in [1.82, 2.24) is 14.8 Å². The van der Waals surface area contributed by atoms with E-state index in [1.807, 2.05) is 30.3 Å². The van der Waals surface area contributed by atoms with Crippen molar-refractivity contribution in [2.45, 2.75) is 5.92 Å². The van der Waals surface area contributed by atoms with Gasteiger partial charge >= 0.3 is 5.76 Å². The number of halogens is 1. The fraction of sp³-hybridized carbons (Fsp3) is 0.267. The molecule has 2 aliphatic rings. The highest BCUT2D eigenvalue weighted by Crippen LogP contribution is 2.38. The summed E-state index contributed by atoms with van der Waals surface area (Å²) in [5.74, 6) is -1.48. The topological polar surface area (TPSA) is 114 Å². The monoisotopic (exact) mass is 572 g/mol. The average molecular weight is 573 g/mol. The first kappa shape index (κ1) is 26.9. The summed E-state index contributed by atoms with van der Waals surface area (Å²) < 4.78 is 5.28. The van der Waals surface area contributed by atoms with E-state index in [9.17, 15) is 14.4 Å². The predicted octanol–water partition coefficient (Wildman–Crippen LogP) is 3.84. The molecular formula is C30H29ClN6O4. The van der Waals surface area contributed by atoms with E-state index in [2.05, 4.69) is 27.1 Å². The number of benzene rings is 3. The van der Waals surface area contributed by atoms with Crippen LogP contribution in [0.2, 0.25) is 5.02 Å². The molecular weight excluding hydrogens is 544 g/mol. The lowest BCUT2D eigenvalue weighted by Gasteiger charge is -2.32. The van der Waals surface area contributed by atoms with Crippen molar-refractivity contribution < 1.29 is 14.0 Å². The summed E-state index contributed by atoms with van der Waals surface area (Å²) in [5, 5.41) is 3.42. The van der Waals surface area contributed by atoms with Gasteiger partial charge in [0.25, 0.3) is 0 Å². The molecule has 2 N–H and O–H groups in total. The SMILES string of the molecule is CN1CCN(CC(=O)N(C)c2ccc(N=C(c3ccc4[nH]c(=O)oc4c3)C3C(=O)Nc4cc(Cl)ccc43)cc2)CC1. The lowest BCUT2D eigenvalue weighted by molar-refractivity contribution is -0.120. The van der Waals surface area contributed by atoms with Crippen molar-refractivity contribution in [3.8, 4) is 0 Å². The number of aromatic nitrogens is 1. The summed E-state index contributed by atoms with van der Waals surface area (Å²) >= 11 is 6.18. The zero-order valence-corrected chi connectivity index (χ0v) is 23.4. The fourth-order valence-corrected chi connectivity index (χ4v) is 5.42. The maximum Gasteiger partial charge on any atom is 0.417 e. The van der Waals surface area contributed by atoms with Gasteiger partial charge in [0, 0.05) is 55.2 Å². The van der Waals surface area contributed by atoms with Crippen molar-refractivity contribution in [2.24, 2.45) is 4.99 Å². The summed E-state index contributed by atoms with van der Waals surface area (Å²) in [7, 11) is 3.86. The number of anilines is 2. The van der Waals surface area contributed by atoms with Gasteiger partial charge in [-0.05, 0) is 61.1 Å². The van der Waals surface area contributed by atoms with E-state index in [4.69, 9.17) is 21.0 Å². The Morgan fingerprint density at radius 1 is 1.05 bits per heavy atom. The first-order valence-electron chi connectivity index (χ1n) is 13.3. The van der Waals surface area contributed by atoms with Crippen molar-refractivity contribution in [1.29, 1.82) is 0 Å². The number of amides is 2.